The summed E-state index contributed by atoms with van der Waals surface area (Å²) in [6.45, 7) is 9.03. The van der Waals surface area contributed by atoms with Crippen molar-refractivity contribution in [1.29, 1.82) is 0 Å². The molecule has 17 heavy (non-hydrogen) atoms. The molecule has 0 aromatic carbocycles. The summed E-state index contributed by atoms with van der Waals surface area (Å²) in [4.78, 5) is 13.9. The molecule has 4 nitrogen and oxygen atoms in total. The van der Waals surface area contributed by atoms with E-state index in [-0.39, 0.29) is 17.4 Å². The number of hydrogen-bond acceptors (Lipinski definition) is 3. The molecule has 0 saturated carbocycles. The number of nitrogens with zero attached hydrogens (tertiary/aromatic N) is 1. The standard InChI is InChI=1S/C13H25NO3/c1-13(2,3)6-5-12(15)14-7-8-17-11(9-14)10-16-4/h11H,5-10H2,1-4H3. The van der Waals surface area contributed by atoms with Crippen LogP contribution in [0.15, 0.2) is 0 Å². The summed E-state index contributed by atoms with van der Waals surface area (Å²) in [6, 6.07) is 0. The monoisotopic (exact) mass is 243 g/mol. The van der Waals surface area contributed by atoms with Gasteiger partial charge in [0.15, 0.2) is 0 Å². The second-order valence-electron chi connectivity index (χ2n) is 5.85. The van der Waals surface area contributed by atoms with Crippen LogP contribution < -0.4 is 0 Å². The van der Waals surface area contributed by atoms with Gasteiger partial charge in [0, 0.05) is 26.6 Å². The number of methoxy groups -OCH3 is 1. The van der Waals surface area contributed by atoms with Gasteiger partial charge in [-0.15, -0.1) is 0 Å². The van der Waals surface area contributed by atoms with Crippen LogP contribution in [0, 0.1) is 5.41 Å². The van der Waals surface area contributed by atoms with E-state index in [1.165, 1.54) is 0 Å². The molecule has 100 valence electrons. The lowest BCUT2D eigenvalue weighted by Gasteiger charge is -2.33. The van der Waals surface area contributed by atoms with Gasteiger partial charge in [-0.3, -0.25) is 4.79 Å². The molecule has 1 fully saturated rings. The Balaban J connectivity index is 2.36. The van der Waals surface area contributed by atoms with E-state index < -0.39 is 0 Å². The van der Waals surface area contributed by atoms with Gasteiger partial charge >= 0.3 is 0 Å². The summed E-state index contributed by atoms with van der Waals surface area (Å²) >= 11 is 0. The van der Waals surface area contributed by atoms with Crippen molar-refractivity contribution in [2.24, 2.45) is 5.41 Å². The lowest BCUT2D eigenvalue weighted by molar-refractivity contribution is -0.141. The molecule has 1 unspecified atom stereocenters. The summed E-state index contributed by atoms with van der Waals surface area (Å²) in [5.74, 6) is 0.240. The zero-order chi connectivity index (χ0) is 12.9. The Morgan fingerprint density at radius 3 is 2.76 bits per heavy atom. The van der Waals surface area contributed by atoms with E-state index in [0.717, 1.165) is 6.42 Å². The van der Waals surface area contributed by atoms with Crippen molar-refractivity contribution < 1.29 is 14.3 Å². The molecule has 1 aliphatic rings. The average Bonchev–Trinajstić information content (AvgIpc) is 2.26. The quantitative estimate of drug-likeness (QED) is 0.754. The van der Waals surface area contributed by atoms with E-state index in [1.54, 1.807) is 7.11 Å². The molecule has 0 N–H and O–H groups in total. The summed E-state index contributed by atoms with van der Waals surface area (Å²) in [5.41, 5.74) is 0.216. The second-order valence-corrected chi connectivity index (χ2v) is 5.85. The van der Waals surface area contributed by atoms with Crippen molar-refractivity contribution in [3.63, 3.8) is 0 Å². The second kappa shape index (κ2) is 6.36. The fourth-order valence-electron chi connectivity index (χ4n) is 1.87. The van der Waals surface area contributed by atoms with Crippen molar-refractivity contribution in [2.75, 3.05) is 33.4 Å². The fraction of sp³-hybridized carbons (Fsp3) is 0.923. The number of hydrogen-bond donors (Lipinski definition) is 0. The molecular weight excluding hydrogens is 218 g/mol. The molecule has 1 aliphatic heterocycles. The van der Waals surface area contributed by atoms with Crippen LogP contribution in [0.25, 0.3) is 0 Å². The Morgan fingerprint density at radius 2 is 2.18 bits per heavy atom. The van der Waals surface area contributed by atoms with Crippen molar-refractivity contribution in [2.45, 2.75) is 39.7 Å². The van der Waals surface area contributed by atoms with Gasteiger partial charge in [0.05, 0.1) is 19.3 Å². The van der Waals surface area contributed by atoms with Gasteiger partial charge in [0.25, 0.3) is 0 Å². The van der Waals surface area contributed by atoms with Crippen molar-refractivity contribution in [3.05, 3.63) is 0 Å². The van der Waals surface area contributed by atoms with Crippen LogP contribution >= 0.6 is 0 Å². The van der Waals surface area contributed by atoms with E-state index in [2.05, 4.69) is 20.8 Å². The van der Waals surface area contributed by atoms with Crippen molar-refractivity contribution in [1.82, 2.24) is 4.90 Å². The first-order chi connectivity index (χ1) is 7.92. The number of amides is 1. The summed E-state index contributed by atoms with van der Waals surface area (Å²) in [5, 5.41) is 0. The van der Waals surface area contributed by atoms with E-state index >= 15 is 0 Å². The Hall–Kier alpha value is -0.610. The molecule has 1 saturated heterocycles. The van der Waals surface area contributed by atoms with Crippen molar-refractivity contribution in [3.8, 4) is 0 Å². The van der Waals surface area contributed by atoms with Gasteiger partial charge in [-0.25, -0.2) is 0 Å². The van der Waals surface area contributed by atoms with Crippen molar-refractivity contribution >= 4 is 5.91 Å². The minimum atomic E-state index is 0.0346. The van der Waals surface area contributed by atoms with E-state index in [4.69, 9.17) is 9.47 Å². The maximum atomic E-state index is 12.0. The van der Waals surface area contributed by atoms with Gasteiger partial charge in [0.1, 0.15) is 0 Å². The first-order valence-corrected chi connectivity index (χ1v) is 6.31. The summed E-state index contributed by atoms with van der Waals surface area (Å²) in [6.07, 6.45) is 1.59. The van der Waals surface area contributed by atoms with Crippen LogP contribution in [-0.2, 0) is 14.3 Å². The zero-order valence-electron chi connectivity index (χ0n) is 11.5. The van der Waals surface area contributed by atoms with Crippen LogP contribution in [0.5, 0.6) is 0 Å². The molecule has 0 aromatic rings. The van der Waals surface area contributed by atoms with Crippen LogP contribution in [0.3, 0.4) is 0 Å². The molecule has 0 aliphatic carbocycles. The van der Waals surface area contributed by atoms with Crippen LogP contribution in [0.1, 0.15) is 33.6 Å². The molecule has 0 aromatic heterocycles. The number of carbonyl (C=O) groups is 1. The lowest BCUT2D eigenvalue weighted by Crippen LogP contribution is -2.47. The molecule has 1 rings (SSSR count). The van der Waals surface area contributed by atoms with Gasteiger partial charge < -0.3 is 14.4 Å². The topological polar surface area (TPSA) is 38.8 Å². The van der Waals surface area contributed by atoms with Gasteiger partial charge in [-0.05, 0) is 11.8 Å². The maximum Gasteiger partial charge on any atom is 0.222 e. The van der Waals surface area contributed by atoms with Gasteiger partial charge in [0.2, 0.25) is 5.91 Å². The van der Waals surface area contributed by atoms with Crippen LogP contribution in [-0.4, -0.2) is 50.3 Å². The lowest BCUT2D eigenvalue weighted by atomic mass is 9.90. The molecular formula is C13H25NO3. The number of rotatable bonds is 4. The summed E-state index contributed by atoms with van der Waals surface area (Å²) in [7, 11) is 1.66. The predicted octanol–water partition coefficient (Wildman–Crippen LogP) is 1.69. The van der Waals surface area contributed by atoms with Gasteiger partial charge in [-0.1, -0.05) is 20.8 Å². The smallest absolute Gasteiger partial charge is 0.222 e. The number of morpholine rings is 1. The van der Waals surface area contributed by atoms with Crippen LogP contribution in [0.2, 0.25) is 0 Å². The number of ether oxygens (including phenoxy) is 2. The van der Waals surface area contributed by atoms with E-state index in [0.29, 0.717) is 32.7 Å². The Labute approximate surface area is 104 Å². The highest BCUT2D eigenvalue weighted by Gasteiger charge is 2.24. The molecule has 0 spiro atoms. The molecule has 0 bridgehead atoms. The average molecular weight is 243 g/mol. The Kier molecular flexibility index (Phi) is 5.40. The van der Waals surface area contributed by atoms with E-state index in [9.17, 15) is 4.79 Å². The normalized spacial score (nSPS) is 21.6. The highest BCUT2D eigenvalue weighted by atomic mass is 16.5. The third-order valence-corrected chi connectivity index (χ3v) is 2.93. The Bertz CT molecular complexity index is 246. The number of carbonyl (C=O) groups excluding carboxylic acids is 1. The fourth-order valence-corrected chi connectivity index (χ4v) is 1.87. The first-order valence-electron chi connectivity index (χ1n) is 6.31. The summed E-state index contributed by atoms with van der Waals surface area (Å²) < 4.78 is 10.6. The molecule has 1 atom stereocenters. The minimum Gasteiger partial charge on any atom is -0.382 e. The highest BCUT2D eigenvalue weighted by molar-refractivity contribution is 5.76. The minimum absolute atomic E-state index is 0.0346. The predicted molar refractivity (Wildman–Crippen MR) is 66.9 cm³/mol. The zero-order valence-corrected chi connectivity index (χ0v) is 11.5. The SMILES string of the molecule is COCC1CN(C(=O)CCC(C)(C)C)CCO1. The Morgan fingerprint density at radius 1 is 1.47 bits per heavy atom. The maximum absolute atomic E-state index is 12.0. The third-order valence-electron chi connectivity index (χ3n) is 2.93. The van der Waals surface area contributed by atoms with Crippen LogP contribution in [0.4, 0.5) is 0 Å². The molecule has 0 radical (unpaired) electrons. The molecule has 4 heteroatoms. The highest BCUT2D eigenvalue weighted by Crippen LogP contribution is 2.21. The van der Waals surface area contributed by atoms with E-state index in [1.807, 2.05) is 4.90 Å². The molecule has 1 amide bonds. The largest absolute Gasteiger partial charge is 0.382 e. The third kappa shape index (κ3) is 5.50. The first kappa shape index (κ1) is 14.5. The molecule has 1 heterocycles. The van der Waals surface area contributed by atoms with Gasteiger partial charge in [-0.2, -0.15) is 0 Å².